The summed E-state index contributed by atoms with van der Waals surface area (Å²) in [7, 11) is 0. The number of nitrogens with one attached hydrogen (secondary N) is 1. The second-order valence-electron chi connectivity index (χ2n) is 3.68. The molecule has 88 valence electrons. The first-order chi connectivity index (χ1) is 8.17. The van der Waals surface area contributed by atoms with Crippen LogP contribution in [0.15, 0.2) is 4.79 Å². The Kier molecular flexibility index (Phi) is 2.78. The number of aryl methyl sites for hydroxylation is 1. The summed E-state index contributed by atoms with van der Waals surface area (Å²) in [6.07, 6.45) is 1.84. The van der Waals surface area contributed by atoms with E-state index >= 15 is 0 Å². The van der Waals surface area contributed by atoms with Gasteiger partial charge in [0.1, 0.15) is 6.07 Å². The van der Waals surface area contributed by atoms with Crippen molar-refractivity contribution in [2.24, 2.45) is 0 Å². The number of nitrogens with zero attached hydrogens (tertiary/aromatic N) is 4. The number of imidazole rings is 1. The molecule has 2 rings (SSSR count). The Bertz CT molecular complexity index is 647. The lowest BCUT2D eigenvalue weighted by molar-refractivity contribution is 0.625. The van der Waals surface area contributed by atoms with Crippen LogP contribution in [0, 0.1) is 11.3 Å². The zero-order chi connectivity index (χ0) is 12.4. The standard InChI is InChI=1S/C10H12N6O/c1-2-3-4-16-9-8(15-10(16)17)13-6(5-11)7(12)14-9/h2-4H2,1H3,(H2,12,14)(H,13,15,17). The molecule has 0 saturated carbocycles. The number of H-pyrrole nitrogens is 1. The Balaban J connectivity index is 2.63. The summed E-state index contributed by atoms with van der Waals surface area (Å²) in [5.74, 6) is 0.0456. The van der Waals surface area contributed by atoms with E-state index in [-0.39, 0.29) is 17.2 Å². The molecule has 0 fully saturated rings. The van der Waals surface area contributed by atoms with E-state index in [1.54, 1.807) is 0 Å². The average molecular weight is 232 g/mol. The highest BCUT2D eigenvalue weighted by Gasteiger charge is 2.12. The quantitative estimate of drug-likeness (QED) is 0.793. The number of unbranched alkanes of at least 4 members (excludes halogenated alkanes) is 1. The van der Waals surface area contributed by atoms with Crippen molar-refractivity contribution in [3.05, 3.63) is 16.2 Å². The van der Waals surface area contributed by atoms with Crippen LogP contribution in [0.1, 0.15) is 25.5 Å². The van der Waals surface area contributed by atoms with Gasteiger partial charge in [0.15, 0.2) is 22.8 Å². The molecule has 0 amide bonds. The molecule has 3 N–H and O–H groups in total. The largest absolute Gasteiger partial charge is 0.381 e. The maximum atomic E-state index is 11.7. The number of nitrogen functional groups attached to an aromatic ring is 1. The number of nitriles is 1. The van der Waals surface area contributed by atoms with Crippen molar-refractivity contribution < 1.29 is 0 Å². The summed E-state index contributed by atoms with van der Waals surface area (Å²) in [6, 6.07) is 1.83. The van der Waals surface area contributed by atoms with Crippen LogP contribution in [0.25, 0.3) is 11.3 Å². The maximum Gasteiger partial charge on any atom is 0.328 e. The molecule has 2 aromatic heterocycles. The van der Waals surface area contributed by atoms with Crippen LogP contribution in [0.5, 0.6) is 0 Å². The van der Waals surface area contributed by atoms with E-state index in [9.17, 15) is 4.79 Å². The molecule has 0 aliphatic heterocycles. The third kappa shape index (κ3) is 1.85. The number of anilines is 1. The van der Waals surface area contributed by atoms with Crippen molar-refractivity contribution in [1.82, 2.24) is 19.5 Å². The van der Waals surface area contributed by atoms with Gasteiger partial charge in [-0.25, -0.2) is 14.8 Å². The first-order valence-corrected chi connectivity index (χ1v) is 5.33. The van der Waals surface area contributed by atoms with Gasteiger partial charge in [0, 0.05) is 6.54 Å². The predicted octanol–water partition coefficient (Wildman–Crippen LogP) is 0.374. The number of hydrogen-bond donors (Lipinski definition) is 2. The van der Waals surface area contributed by atoms with Gasteiger partial charge in [-0.05, 0) is 6.42 Å². The van der Waals surface area contributed by atoms with Crippen molar-refractivity contribution in [2.45, 2.75) is 26.3 Å². The topological polar surface area (TPSA) is 113 Å². The van der Waals surface area contributed by atoms with E-state index in [4.69, 9.17) is 11.0 Å². The monoisotopic (exact) mass is 232 g/mol. The smallest absolute Gasteiger partial charge is 0.328 e. The number of aromatic amines is 1. The van der Waals surface area contributed by atoms with Gasteiger partial charge in [-0.2, -0.15) is 5.26 Å². The number of aromatic nitrogens is 4. The molecule has 0 unspecified atom stereocenters. The summed E-state index contributed by atoms with van der Waals surface area (Å²) >= 11 is 0. The lowest BCUT2D eigenvalue weighted by Gasteiger charge is -2.01. The molecule has 2 heterocycles. The first kappa shape index (κ1) is 11.1. The Morgan fingerprint density at radius 1 is 1.53 bits per heavy atom. The molecule has 0 aliphatic carbocycles. The molecule has 0 radical (unpaired) electrons. The second kappa shape index (κ2) is 4.25. The van der Waals surface area contributed by atoms with E-state index in [1.807, 2.05) is 13.0 Å². The highest BCUT2D eigenvalue weighted by Crippen LogP contribution is 2.11. The Morgan fingerprint density at radius 2 is 2.29 bits per heavy atom. The molecule has 0 bridgehead atoms. The van der Waals surface area contributed by atoms with E-state index in [0.717, 1.165) is 12.8 Å². The number of hydrogen-bond acceptors (Lipinski definition) is 5. The highest BCUT2D eigenvalue weighted by molar-refractivity contribution is 5.69. The van der Waals surface area contributed by atoms with E-state index in [1.165, 1.54) is 4.57 Å². The second-order valence-corrected chi connectivity index (χ2v) is 3.68. The van der Waals surface area contributed by atoms with E-state index in [2.05, 4.69) is 15.0 Å². The highest BCUT2D eigenvalue weighted by atomic mass is 16.1. The Labute approximate surface area is 96.9 Å². The minimum Gasteiger partial charge on any atom is -0.381 e. The van der Waals surface area contributed by atoms with Crippen LogP contribution in [0.3, 0.4) is 0 Å². The summed E-state index contributed by atoms with van der Waals surface area (Å²) in [4.78, 5) is 22.2. The van der Waals surface area contributed by atoms with Crippen molar-refractivity contribution >= 4 is 17.1 Å². The summed E-state index contributed by atoms with van der Waals surface area (Å²) in [5.41, 5.74) is 6.04. The summed E-state index contributed by atoms with van der Waals surface area (Å²) in [6.45, 7) is 2.60. The molecule has 7 heteroatoms. The van der Waals surface area contributed by atoms with Crippen molar-refractivity contribution in [2.75, 3.05) is 5.73 Å². The Hall–Kier alpha value is -2.36. The van der Waals surface area contributed by atoms with E-state index < -0.39 is 0 Å². The van der Waals surface area contributed by atoms with Gasteiger partial charge < -0.3 is 5.73 Å². The minimum atomic E-state index is -0.275. The molecule has 0 aromatic carbocycles. The minimum absolute atomic E-state index is 0.0291. The third-order valence-electron chi connectivity index (χ3n) is 2.47. The SMILES string of the molecule is CCCCn1c(=O)[nH]c2nc(C#N)c(N)nc21. The lowest BCUT2D eigenvalue weighted by atomic mass is 10.3. The van der Waals surface area contributed by atoms with Crippen LogP contribution in [-0.4, -0.2) is 19.5 Å². The molecular formula is C10H12N6O. The van der Waals surface area contributed by atoms with Crippen LogP contribution in [-0.2, 0) is 6.54 Å². The lowest BCUT2D eigenvalue weighted by Crippen LogP contribution is -2.17. The van der Waals surface area contributed by atoms with Crippen LogP contribution in [0.4, 0.5) is 5.82 Å². The number of nitrogens with two attached hydrogens (primary N) is 1. The van der Waals surface area contributed by atoms with Gasteiger partial charge in [0.25, 0.3) is 0 Å². The summed E-state index contributed by atoms with van der Waals surface area (Å²) in [5, 5.41) is 8.76. The molecule has 2 aromatic rings. The molecular weight excluding hydrogens is 220 g/mol. The fourth-order valence-corrected chi connectivity index (χ4v) is 1.58. The number of fused-ring (bicyclic) bond motifs is 1. The van der Waals surface area contributed by atoms with Crippen molar-refractivity contribution in [1.29, 1.82) is 5.26 Å². The van der Waals surface area contributed by atoms with E-state index in [0.29, 0.717) is 17.8 Å². The first-order valence-electron chi connectivity index (χ1n) is 5.33. The Morgan fingerprint density at radius 3 is 2.94 bits per heavy atom. The fourth-order valence-electron chi connectivity index (χ4n) is 1.58. The van der Waals surface area contributed by atoms with Gasteiger partial charge in [-0.15, -0.1) is 0 Å². The fraction of sp³-hybridized carbons (Fsp3) is 0.400. The van der Waals surface area contributed by atoms with Gasteiger partial charge >= 0.3 is 5.69 Å². The summed E-state index contributed by atoms with van der Waals surface area (Å²) < 4.78 is 1.49. The van der Waals surface area contributed by atoms with Gasteiger partial charge in [-0.1, -0.05) is 13.3 Å². The maximum absolute atomic E-state index is 11.7. The molecule has 0 saturated heterocycles. The van der Waals surface area contributed by atoms with Gasteiger partial charge in [0.05, 0.1) is 0 Å². The zero-order valence-electron chi connectivity index (χ0n) is 9.40. The van der Waals surface area contributed by atoms with Crippen molar-refractivity contribution in [3.8, 4) is 6.07 Å². The van der Waals surface area contributed by atoms with Crippen molar-refractivity contribution in [3.63, 3.8) is 0 Å². The normalized spacial score (nSPS) is 10.6. The molecule has 0 spiro atoms. The molecule has 17 heavy (non-hydrogen) atoms. The molecule has 7 nitrogen and oxygen atoms in total. The molecule has 0 aliphatic rings. The molecule has 0 atom stereocenters. The van der Waals surface area contributed by atoms with Gasteiger partial charge in [-0.3, -0.25) is 9.55 Å². The van der Waals surface area contributed by atoms with Crippen LogP contribution < -0.4 is 11.4 Å². The number of rotatable bonds is 3. The van der Waals surface area contributed by atoms with Gasteiger partial charge in [0.2, 0.25) is 0 Å². The third-order valence-corrected chi connectivity index (χ3v) is 2.47. The van der Waals surface area contributed by atoms with Crippen LogP contribution in [0.2, 0.25) is 0 Å². The predicted molar refractivity (Wildman–Crippen MR) is 62.2 cm³/mol. The average Bonchev–Trinajstić information content (AvgIpc) is 2.61. The van der Waals surface area contributed by atoms with Crippen LogP contribution >= 0.6 is 0 Å². The zero-order valence-corrected chi connectivity index (χ0v) is 9.40.